The number of rotatable bonds is 4. The van der Waals surface area contributed by atoms with Crippen molar-refractivity contribution in [2.45, 2.75) is 6.92 Å². The standard InChI is InChI=1S/C11H10O6/c1-4-8(12)16-10(14)6-7(3)11(15)17-9(13)5-2/h4-6H,1-2H2,3H3/b7-6-. The highest BCUT2D eigenvalue weighted by Crippen LogP contribution is 1.99. The van der Waals surface area contributed by atoms with Crippen LogP contribution in [0.15, 0.2) is 37.0 Å². The molecule has 0 radical (unpaired) electrons. The van der Waals surface area contributed by atoms with Crippen molar-refractivity contribution in [2.24, 2.45) is 0 Å². The van der Waals surface area contributed by atoms with E-state index in [0.29, 0.717) is 0 Å². The summed E-state index contributed by atoms with van der Waals surface area (Å²) in [5, 5.41) is 0. The molecule has 6 nitrogen and oxygen atoms in total. The van der Waals surface area contributed by atoms with E-state index < -0.39 is 23.9 Å². The third kappa shape index (κ3) is 5.83. The van der Waals surface area contributed by atoms with Gasteiger partial charge in [0.05, 0.1) is 0 Å². The van der Waals surface area contributed by atoms with E-state index in [1.165, 1.54) is 6.92 Å². The van der Waals surface area contributed by atoms with Crippen LogP contribution in [-0.4, -0.2) is 23.9 Å². The number of carbonyl (C=O) groups excluding carboxylic acids is 4. The molecule has 0 aromatic carbocycles. The molecule has 6 heteroatoms. The van der Waals surface area contributed by atoms with Gasteiger partial charge in [0.2, 0.25) is 0 Å². The molecule has 0 unspecified atom stereocenters. The summed E-state index contributed by atoms with van der Waals surface area (Å²) < 4.78 is 8.38. The average molecular weight is 238 g/mol. The molecular formula is C11H10O6. The van der Waals surface area contributed by atoms with Crippen LogP contribution in [-0.2, 0) is 28.7 Å². The van der Waals surface area contributed by atoms with Crippen LogP contribution in [0.1, 0.15) is 6.92 Å². The van der Waals surface area contributed by atoms with Gasteiger partial charge in [-0.05, 0) is 6.92 Å². The van der Waals surface area contributed by atoms with E-state index in [-0.39, 0.29) is 5.57 Å². The van der Waals surface area contributed by atoms with Gasteiger partial charge in [0.15, 0.2) is 0 Å². The van der Waals surface area contributed by atoms with Gasteiger partial charge in [-0.3, -0.25) is 0 Å². The van der Waals surface area contributed by atoms with Crippen LogP contribution in [0.3, 0.4) is 0 Å². The highest BCUT2D eigenvalue weighted by molar-refractivity contribution is 6.04. The fraction of sp³-hybridized carbons (Fsp3) is 0.0909. The first-order valence-electron chi connectivity index (χ1n) is 4.35. The fourth-order valence-electron chi connectivity index (χ4n) is 0.619. The summed E-state index contributed by atoms with van der Waals surface area (Å²) in [4.78, 5) is 43.4. The van der Waals surface area contributed by atoms with Gasteiger partial charge in [0, 0.05) is 23.8 Å². The molecule has 90 valence electrons. The van der Waals surface area contributed by atoms with E-state index >= 15 is 0 Å². The Morgan fingerprint density at radius 2 is 1.35 bits per heavy atom. The van der Waals surface area contributed by atoms with Gasteiger partial charge in [-0.15, -0.1) is 0 Å². The molecule has 0 bridgehead atoms. The molecule has 0 aliphatic carbocycles. The lowest BCUT2D eigenvalue weighted by atomic mass is 10.3. The van der Waals surface area contributed by atoms with Crippen molar-refractivity contribution in [3.8, 4) is 0 Å². The Morgan fingerprint density at radius 1 is 0.882 bits per heavy atom. The number of esters is 4. The normalized spacial score (nSPS) is 10.1. The SMILES string of the molecule is C=CC(=O)OC(=O)/C=C(/C)C(=O)OC(=O)C=C. The van der Waals surface area contributed by atoms with E-state index in [1.807, 2.05) is 0 Å². The second kappa shape index (κ2) is 6.89. The number of ether oxygens (including phenoxy) is 2. The van der Waals surface area contributed by atoms with E-state index in [4.69, 9.17) is 0 Å². The van der Waals surface area contributed by atoms with Crippen molar-refractivity contribution in [1.29, 1.82) is 0 Å². The van der Waals surface area contributed by atoms with Crippen LogP contribution in [0.2, 0.25) is 0 Å². The minimum Gasteiger partial charge on any atom is -0.387 e. The van der Waals surface area contributed by atoms with Crippen LogP contribution in [0, 0.1) is 0 Å². The second-order valence-electron chi connectivity index (χ2n) is 2.68. The van der Waals surface area contributed by atoms with E-state index in [9.17, 15) is 19.2 Å². The molecule has 0 atom stereocenters. The maximum absolute atomic E-state index is 11.1. The summed E-state index contributed by atoms with van der Waals surface area (Å²) in [5.74, 6) is -3.99. The van der Waals surface area contributed by atoms with Gasteiger partial charge in [-0.1, -0.05) is 13.2 Å². The zero-order chi connectivity index (χ0) is 13.4. The summed E-state index contributed by atoms with van der Waals surface area (Å²) in [5.41, 5.74) is -0.193. The summed E-state index contributed by atoms with van der Waals surface area (Å²) in [7, 11) is 0. The van der Waals surface area contributed by atoms with Crippen LogP contribution in [0.5, 0.6) is 0 Å². The molecule has 0 saturated heterocycles. The zero-order valence-electron chi connectivity index (χ0n) is 9.10. The van der Waals surface area contributed by atoms with Gasteiger partial charge in [-0.2, -0.15) is 0 Å². The minimum absolute atomic E-state index is 0.193. The molecule has 0 rings (SSSR count). The Morgan fingerprint density at radius 3 is 1.82 bits per heavy atom. The number of hydrogen-bond donors (Lipinski definition) is 0. The molecule has 0 amide bonds. The molecule has 0 spiro atoms. The minimum atomic E-state index is -1.06. The monoisotopic (exact) mass is 238 g/mol. The molecular weight excluding hydrogens is 228 g/mol. The molecule has 0 aliphatic heterocycles. The Bertz CT molecular complexity index is 416. The smallest absolute Gasteiger partial charge is 0.341 e. The molecule has 17 heavy (non-hydrogen) atoms. The Balaban J connectivity index is 4.52. The first-order chi connectivity index (χ1) is 7.90. The van der Waals surface area contributed by atoms with Gasteiger partial charge in [0.1, 0.15) is 0 Å². The maximum atomic E-state index is 11.1. The molecule has 0 saturated carbocycles. The van der Waals surface area contributed by atoms with Crippen molar-refractivity contribution < 1.29 is 28.7 Å². The summed E-state index contributed by atoms with van der Waals surface area (Å²) in [6, 6.07) is 0. The Labute approximate surface area is 97.2 Å². The van der Waals surface area contributed by atoms with Crippen molar-refractivity contribution >= 4 is 23.9 Å². The second-order valence-corrected chi connectivity index (χ2v) is 2.68. The highest BCUT2D eigenvalue weighted by atomic mass is 16.6. The van der Waals surface area contributed by atoms with E-state index in [1.54, 1.807) is 0 Å². The lowest BCUT2D eigenvalue weighted by Gasteiger charge is -1.99. The van der Waals surface area contributed by atoms with Crippen LogP contribution >= 0.6 is 0 Å². The topological polar surface area (TPSA) is 86.7 Å². The van der Waals surface area contributed by atoms with Crippen molar-refractivity contribution in [3.63, 3.8) is 0 Å². The fourth-order valence-corrected chi connectivity index (χ4v) is 0.619. The first-order valence-corrected chi connectivity index (χ1v) is 4.35. The zero-order valence-corrected chi connectivity index (χ0v) is 9.10. The molecule has 0 N–H and O–H groups in total. The third-order valence-electron chi connectivity index (χ3n) is 1.38. The predicted molar refractivity (Wildman–Crippen MR) is 56.3 cm³/mol. The Kier molecular flexibility index (Phi) is 5.87. The highest BCUT2D eigenvalue weighted by Gasteiger charge is 2.12. The third-order valence-corrected chi connectivity index (χ3v) is 1.38. The summed E-state index contributed by atoms with van der Waals surface area (Å²) in [6.07, 6.45) is 2.31. The summed E-state index contributed by atoms with van der Waals surface area (Å²) >= 11 is 0. The quantitative estimate of drug-likeness (QED) is 0.401. The summed E-state index contributed by atoms with van der Waals surface area (Å²) in [6.45, 7) is 7.39. The number of carbonyl (C=O) groups is 4. The van der Waals surface area contributed by atoms with Crippen molar-refractivity contribution in [2.75, 3.05) is 0 Å². The van der Waals surface area contributed by atoms with Crippen LogP contribution < -0.4 is 0 Å². The number of hydrogen-bond acceptors (Lipinski definition) is 6. The molecule has 0 aromatic heterocycles. The van der Waals surface area contributed by atoms with Gasteiger partial charge < -0.3 is 9.47 Å². The van der Waals surface area contributed by atoms with Crippen molar-refractivity contribution in [1.82, 2.24) is 0 Å². The van der Waals surface area contributed by atoms with Crippen LogP contribution in [0.4, 0.5) is 0 Å². The van der Waals surface area contributed by atoms with Gasteiger partial charge in [0.25, 0.3) is 0 Å². The average Bonchev–Trinajstić information content (AvgIpc) is 2.28. The molecule has 0 heterocycles. The lowest BCUT2D eigenvalue weighted by molar-refractivity contribution is -0.155. The van der Waals surface area contributed by atoms with Crippen molar-refractivity contribution in [3.05, 3.63) is 37.0 Å². The first kappa shape index (κ1) is 14.5. The largest absolute Gasteiger partial charge is 0.387 e. The maximum Gasteiger partial charge on any atom is 0.341 e. The van der Waals surface area contributed by atoms with E-state index in [2.05, 4.69) is 22.6 Å². The molecule has 0 fully saturated rings. The van der Waals surface area contributed by atoms with E-state index in [0.717, 1.165) is 18.2 Å². The van der Waals surface area contributed by atoms with Gasteiger partial charge in [-0.25, -0.2) is 19.2 Å². The molecule has 0 aliphatic rings. The lowest BCUT2D eigenvalue weighted by Crippen LogP contribution is -2.13. The van der Waals surface area contributed by atoms with Gasteiger partial charge >= 0.3 is 23.9 Å². The predicted octanol–water partition coefficient (Wildman–Crippen LogP) is 0.444. The van der Waals surface area contributed by atoms with Crippen LogP contribution in [0.25, 0.3) is 0 Å². The Hall–Kier alpha value is -2.50. The molecule has 0 aromatic rings.